The smallest absolute Gasteiger partial charge is 0.176 e. The molecule has 1 aromatic heterocycles. The summed E-state index contributed by atoms with van der Waals surface area (Å²) in [6, 6.07) is 2.09. The zero-order chi connectivity index (χ0) is 10.6. The van der Waals surface area contributed by atoms with E-state index in [-0.39, 0.29) is 0 Å². The summed E-state index contributed by atoms with van der Waals surface area (Å²) in [6.07, 6.45) is 3.15. The van der Waals surface area contributed by atoms with E-state index in [0.717, 1.165) is 36.0 Å². The van der Waals surface area contributed by atoms with E-state index in [1.165, 1.54) is 0 Å². The Balaban J connectivity index is 2.98. The maximum absolute atomic E-state index is 8.82. The van der Waals surface area contributed by atoms with Crippen molar-refractivity contribution in [2.75, 3.05) is 0 Å². The van der Waals surface area contributed by atoms with Gasteiger partial charge >= 0.3 is 0 Å². The third kappa shape index (κ3) is 2.16. The predicted octanol–water partition coefficient (Wildman–Crippen LogP) is 2.88. The monoisotopic (exact) mass is 255 g/mol. The number of hydrogen-bond donors (Lipinski definition) is 0. The van der Waals surface area contributed by atoms with E-state index in [4.69, 9.17) is 5.26 Å². The van der Waals surface area contributed by atoms with Crippen LogP contribution in [0.1, 0.15) is 38.1 Å². The molecule has 0 saturated heterocycles. The zero-order valence-electron chi connectivity index (χ0n) is 8.55. The summed E-state index contributed by atoms with van der Waals surface area (Å²) >= 11 is 3.41. The van der Waals surface area contributed by atoms with E-state index in [1.807, 2.05) is 4.68 Å². The van der Waals surface area contributed by atoms with Gasteiger partial charge in [-0.2, -0.15) is 10.4 Å². The summed E-state index contributed by atoms with van der Waals surface area (Å²) in [5.41, 5.74) is 1.62. The van der Waals surface area contributed by atoms with Crippen LogP contribution < -0.4 is 0 Å². The number of unbranched alkanes of at least 4 members (excludes halogenated alkanes) is 1. The van der Waals surface area contributed by atoms with Gasteiger partial charge in [0.05, 0.1) is 10.2 Å². The van der Waals surface area contributed by atoms with Crippen LogP contribution in [0.3, 0.4) is 0 Å². The Labute approximate surface area is 92.9 Å². The highest BCUT2D eigenvalue weighted by molar-refractivity contribution is 9.10. The summed E-state index contributed by atoms with van der Waals surface area (Å²) in [5, 5.41) is 13.1. The van der Waals surface area contributed by atoms with Crippen molar-refractivity contribution in [2.24, 2.45) is 0 Å². The Kier molecular flexibility index (Phi) is 4.15. The lowest BCUT2D eigenvalue weighted by molar-refractivity contribution is 0.549. The topological polar surface area (TPSA) is 41.6 Å². The number of nitriles is 1. The van der Waals surface area contributed by atoms with Crippen molar-refractivity contribution in [1.29, 1.82) is 5.26 Å². The predicted molar refractivity (Wildman–Crippen MR) is 58.9 cm³/mol. The molecule has 0 unspecified atom stereocenters. The van der Waals surface area contributed by atoms with Gasteiger partial charge in [0.25, 0.3) is 0 Å². The molecule has 1 rings (SSSR count). The Bertz CT molecular complexity index is 349. The third-order valence-corrected chi connectivity index (χ3v) is 2.99. The fourth-order valence-electron chi connectivity index (χ4n) is 1.38. The first-order chi connectivity index (χ1) is 6.74. The molecule has 0 amide bonds. The van der Waals surface area contributed by atoms with Gasteiger partial charge in [0.1, 0.15) is 6.07 Å². The van der Waals surface area contributed by atoms with Gasteiger partial charge < -0.3 is 0 Å². The van der Waals surface area contributed by atoms with Crippen molar-refractivity contribution < 1.29 is 0 Å². The highest BCUT2D eigenvalue weighted by atomic mass is 79.9. The van der Waals surface area contributed by atoms with E-state index in [0.29, 0.717) is 5.69 Å². The Hall–Kier alpha value is -0.820. The van der Waals surface area contributed by atoms with Crippen LogP contribution in [0.5, 0.6) is 0 Å². The molecular formula is C10H14BrN3. The van der Waals surface area contributed by atoms with Crippen LogP contribution >= 0.6 is 15.9 Å². The zero-order valence-corrected chi connectivity index (χ0v) is 10.1. The van der Waals surface area contributed by atoms with E-state index >= 15 is 0 Å². The van der Waals surface area contributed by atoms with E-state index in [1.54, 1.807) is 0 Å². The molecule has 0 aliphatic rings. The lowest BCUT2D eigenvalue weighted by atomic mass is 10.3. The van der Waals surface area contributed by atoms with E-state index in [2.05, 4.69) is 40.9 Å². The van der Waals surface area contributed by atoms with Crippen LogP contribution in [0.15, 0.2) is 4.47 Å². The molecule has 0 fully saturated rings. The molecule has 1 aromatic rings. The highest BCUT2D eigenvalue weighted by Crippen LogP contribution is 2.21. The minimum Gasteiger partial charge on any atom is -0.267 e. The number of aromatic nitrogens is 2. The van der Waals surface area contributed by atoms with Gasteiger partial charge in [-0.1, -0.05) is 20.3 Å². The number of rotatable bonds is 4. The minimum absolute atomic E-state index is 0.498. The summed E-state index contributed by atoms with van der Waals surface area (Å²) in [5.74, 6) is 0. The maximum atomic E-state index is 8.82. The number of hydrogen-bond acceptors (Lipinski definition) is 2. The lowest BCUT2D eigenvalue weighted by Crippen LogP contribution is -2.04. The Morgan fingerprint density at radius 2 is 2.21 bits per heavy atom. The lowest BCUT2D eigenvalue weighted by Gasteiger charge is -2.03. The van der Waals surface area contributed by atoms with Gasteiger partial charge in [0.2, 0.25) is 0 Å². The average molecular weight is 256 g/mol. The number of nitrogens with zero attached hydrogens (tertiary/aromatic N) is 3. The minimum atomic E-state index is 0.498. The summed E-state index contributed by atoms with van der Waals surface area (Å²) < 4.78 is 2.80. The fourth-order valence-corrected chi connectivity index (χ4v) is 2.03. The van der Waals surface area contributed by atoms with Gasteiger partial charge in [-0.25, -0.2) is 0 Å². The van der Waals surface area contributed by atoms with Crippen LogP contribution in [0, 0.1) is 11.3 Å². The Morgan fingerprint density at radius 1 is 1.50 bits per heavy atom. The number of aryl methyl sites for hydroxylation is 1. The normalized spacial score (nSPS) is 10.1. The molecule has 0 aromatic carbocycles. The van der Waals surface area contributed by atoms with Gasteiger partial charge in [0.15, 0.2) is 5.69 Å². The van der Waals surface area contributed by atoms with Gasteiger partial charge in [-0.15, -0.1) is 0 Å². The first kappa shape index (κ1) is 11.3. The molecule has 0 saturated carbocycles. The molecule has 0 aliphatic heterocycles. The largest absolute Gasteiger partial charge is 0.267 e. The van der Waals surface area contributed by atoms with E-state index < -0.39 is 0 Å². The number of halogens is 1. The maximum Gasteiger partial charge on any atom is 0.176 e. The van der Waals surface area contributed by atoms with Crippen molar-refractivity contribution in [3.8, 4) is 6.07 Å². The molecule has 0 spiro atoms. The summed E-state index contributed by atoms with van der Waals surface area (Å²) in [4.78, 5) is 0. The van der Waals surface area contributed by atoms with Crippen molar-refractivity contribution >= 4 is 15.9 Å². The molecule has 14 heavy (non-hydrogen) atoms. The average Bonchev–Trinajstić information content (AvgIpc) is 2.51. The van der Waals surface area contributed by atoms with Crippen LogP contribution in [-0.2, 0) is 13.0 Å². The molecule has 1 heterocycles. The second kappa shape index (κ2) is 5.16. The standard InChI is InChI=1S/C10H14BrN3/c1-3-5-6-14-9(4-2)10(11)8(7-12)13-14/h3-6H2,1-2H3. The molecule has 76 valence electrons. The van der Waals surface area contributed by atoms with Crippen LogP contribution in [0.2, 0.25) is 0 Å². The van der Waals surface area contributed by atoms with Gasteiger partial charge in [-0.05, 0) is 28.8 Å². The second-order valence-electron chi connectivity index (χ2n) is 3.15. The first-order valence-electron chi connectivity index (χ1n) is 4.89. The van der Waals surface area contributed by atoms with Crippen LogP contribution in [0.25, 0.3) is 0 Å². The molecule has 0 N–H and O–H groups in total. The van der Waals surface area contributed by atoms with Crippen LogP contribution in [-0.4, -0.2) is 9.78 Å². The summed E-state index contributed by atoms with van der Waals surface area (Å²) in [6.45, 7) is 5.13. The second-order valence-corrected chi connectivity index (χ2v) is 3.94. The molecular weight excluding hydrogens is 242 g/mol. The molecule has 4 heteroatoms. The molecule has 0 atom stereocenters. The highest BCUT2D eigenvalue weighted by Gasteiger charge is 2.12. The Morgan fingerprint density at radius 3 is 2.71 bits per heavy atom. The fraction of sp³-hybridized carbons (Fsp3) is 0.600. The van der Waals surface area contributed by atoms with Crippen molar-refractivity contribution in [3.05, 3.63) is 15.9 Å². The summed E-state index contributed by atoms with van der Waals surface area (Å²) in [7, 11) is 0. The quantitative estimate of drug-likeness (QED) is 0.831. The van der Waals surface area contributed by atoms with Crippen molar-refractivity contribution in [3.63, 3.8) is 0 Å². The third-order valence-electron chi connectivity index (χ3n) is 2.16. The van der Waals surface area contributed by atoms with E-state index in [9.17, 15) is 0 Å². The molecule has 0 radical (unpaired) electrons. The SMILES string of the molecule is CCCCn1nc(C#N)c(Br)c1CC. The van der Waals surface area contributed by atoms with Crippen molar-refractivity contribution in [2.45, 2.75) is 39.7 Å². The van der Waals surface area contributed by atoms with Gasteiger partial charge in [0, 0.05) is 6.54 Å². The molecule has 0 aliphatic carbocycles. The first-order valence-corrected chi connectivity index (χ1v) is 5.69. The van der Waals surface area contributed by atoms with Crippen molar-refractivity contribution in [1.82, 2.24) is 9.78 Å². The molecule has 0 bridgehead atoms. The van der Waals surface area contributed by atoms with Gasteiger partial charge in [-0.3, -0.25) is 4.68 Å². The molecule has 3 nitrogen and oxygen atoms in total. The van der Waals surface area contributed by atoms with Crippen LogP contribution in [0.4, 0.5) is 0 Å².